The lowest BCUT2D eigenvalue weighted by atomic mass is 10.2. The number of pyridine rings is 1. The average molecular weight is 252 g/mol. The van der Waals surface area contributed by atoms with Crippen molar-refractivity contribution in [2.75, 3.05) is 18.1 Å². The minimum atomic E-state index is -1.71. The van der Waals surface area contributed by atoms with Crippen LogP contribution in [0.1, 0.15) is 13.8 Å². The van der Waals surface area contributed by atoms with Crippen molar-refractivity contribution < 1.29 is 22.7 Å². The molecule has 1 aromatic heterocycles. The summed E-state index contributed by atoms with van der Waals surface area (Å²) in [6.45, 7) is 2.60. The van der Waals surface area contributed by atoms with Crippen molar-refractivity contribution >= 4 is 5.69 Å². The maximum Gasteiger partial charge on any atom is 0.253 e. The normalized spacial score (nSPS) is 11.1. The van der Waals surface area contributed by atoms with Gasteiger partial charge < -0.3 is 10.0 Å². The highest BCUT2D eigenvalue weighted by atomic mass is 19.2. The molecule has 0 unspecified atom stereocenters. The first-order chi connectivity index (χ1) is 7.90. The van der Waals surface area contributed by atoms with E-state index >= 15 is 0 Å². The molecule has 3 nitrogen and oxygen atoms in total. The highest BCUT2D eigenvalue weighted by Gasteiger charge is 2.26. The number of nitrogens with zero attached hydrogens (tertiary/aromatic N) is 2. The second-order valence-electron chi connectivity index (χ2n) is 3.68. The molecule has 0 aliphatic carbocycles. The SMILES string of the molecule is CC(C)N(CCO)c1c(F)c(F)nc(F)c1F. The third-order valence-electron chi connectivity index (χ3n) is 2.23. The van der Waals surface area contributed by atoms with Gasteiger partial charge in [0.1, 0.15) is 5.69 Å². The van der Waals surface area contributed by atoms with Crippen molar-refractivity contribution in [3.63, 3.8) is 0 Å². The van der Waals surface area contributed by atoms with Crippen molar-refractivity contribution in [1.82, 2.24) is 4.98 Å². The summed E-state index contributed by atoms with van der Waals surface area (Å²) in [5, 5.41) is 8.78. The van der Waals surface area contributed by atoms with Gasteiger partial charge in [-0.1, -0.05) is 0 Å². The van der Waals surface area contributed by atoms with E-state index < -0.39 is 41.9 Å². The van der Waals surface area contributed by atoms with Gasteiger partial charge in [0.2, 0.25) is 11.6 Å². The van der Waals surface area contributed by atoms with Crippen LogP contribution in [0.25, 0.3) is 0 Å². The van der Waals surface area contributed by atoms with E-state index in [0.29, 0.717) is 0 Å². The van der Waals surface area contributed by atoms with Crippen LogP contribution in [0.15, 0.2) is 0 Å². The summed E-state index contributed by atoms with van der Waals surface area (Å²) in [6.07, 6.45) is 0. The monoisotopic (exact) mass is 252 g/mol. The molecule has 0 saturated carbocycles. The Hall–Kier alpha value is -1.37. The zero-order chi connectivity index (χ0) is 13.2. The molecule has 1 rings (SSSR count). The maximum atomic E-state index is 13.4. The smallest absolute Gasteiger partial charge is 0.253 e. The van der Waals surface area contributed by atoms with E-state index in [2.05, 4.69) is 4.98 Å². The van der Waals surface area contributed by atoms with Gasteiger partial charge in [-0.3, -0.25) is 0 Å². The van der Waals surface area contributed by atoms with E-state index in [0.717, 1.165) is 4.90 Å². The summed E-state index contributed by atoms with van der Waals surface area (Å²) < 4.78 is 52.6. The zero-order valence-corrected chi connectivity index (χ0v) is 9.35. The molecule has 0 aromatic carbocycles. The van der Waals surface area contributed by atoms with Crippen molar-refractivity contribution in [2.45, 2.75) is 19.9 Å². The molecule has 1 heterocycles. The molecule has 0 spiro atoms. The molecule has 0 fully saturated rings. The lowest BCUT2D eigenvalue weighted by molar-refractivity contribution is 0.296. The van der Waals surface area contributed by atoms with Gasteiger partial charge >= 0.3 is 0 Å². The lowest BCUT2D eigenvalue weighted by Crippen LogP contribution is -2.35. The Balaban J connectivity index is 3.36. The van der Waals surface area contributed by atoms with Gasteiger partial charge in [-0.25, -0.2) is 0 Å². The molecule has 0 bridgehead atoms. The first-order valence-corrected chi connectivity index (χ1v) is 4.97. The molecule has 0 atom stereocenters. The summed E-state index contributed by atoms with van der Waals surface area (Å²) in [4.78, 5) is 3.49. The van der Waals surface area contributed by atoms with Crippen LogP contribution in [-0.2, 0) is 0 Å². The summed E-state index contributed by atoms with van der Waals surface area (Å²) in [5.74, 6) is -6.54. The van der Waals surface area contributed by atoms with E-state index in [9.17, 15) is 17.6 Å². The molecule has 17 heavy (non-hydrogen) atoms. The number of rotatable bonds is 4. The predicted octanol–water partition coefficient (Wildman–Crippen LogP) is 1.85. The van der Waals surface area contributed by atoms with Gasteiger partial charge in [0, 0.05) is 12.6 Å². The highest BCUT2D eigenvalue weighted by molar-refractivity contribution is 5.49. The van der Waals surface area contributed by atoms with Gasteiger partial charge in [0.15, 0.2) is 0 Å². The minimum absolute atomic E-state index is 0.144. The Morgan fingerprint density at radius 2 is 1.59 bits per heavy atom. The number of hydrogen-bond acceptors (Lipinski definition) is 3. The molecule has 7 heteroatoms. The molecule has 1 aromatic rings. The van der Waals surface area contributed by atoms with Gasteiger partial charge in [0.25, 0.3) is 11.9 Å². The van der Waals surface area contributed by atoms with Crippen LogP contribution < -0.4 is 4.90 Å². The lowest BCUT2D eigenvalue weighted by Gasteiger charge is -2.28. The first-order valence-electron chi connectivity index (χ1n) is 4.97. The molecule has 96 valence electrons. The van der Waals surface area contributed by atoms with E-state index in [1.54, 1.807) is 13.8 Å². The largest absolute Gasteiger partial charge is 0.395 e. The van der Waals surface area contributed by atoms with Crippen LogP contribution in [-0.4, -0.2) is 29.3 Å². The van der Waals surface area contributed by atoms with E-state index in [1.165, 1.54) is 0 Å². The summed E-state index contributed by atoms with van der Waals surface area (Å²) >= 11 is 0. The van der Waals surface area contributed by atoms with Crippen LogP contribution >= 0.6 is 0 Å². The fraction of sp³-hybridized carbons (Fsp3) is 0.500. The number of aliphatic hydroxyl groups is 1. The number of aliphatic hydroxyl groups excluding tert-OH is 1. The van der Waals surface area contributed by atoms with Gasteiger partial charge in [-0.2, -0.15) is 22.5 Å². The minimum Gasteiger partial charge on any atom is -0.395 e. The summed E-state index contributed by atoms with van der Waals surface area (Å²) in [7, 11) is 0. The Kier molecular flexibility index (Phi) is 4.28. The third kappa shape index (κ3) is 2.66. The second kappa shape index (κ2) is 5.31. The first kappa shape index (κ1) is 13.7. The summed E-state index contributed by atoms with van der Waals surface area (Å²) in [6, 6.07) is -0.438. The van der Waals surface area contributed by atoms with Crippen LogP contribution in [0.4, 0.5) is 23.2 Å². The third-order valence-corrected chi connectivity index (χ3v) is 2.23. The van der Waals surface area contributed by atoms with E-state index in [-0.39, 0.29) is 6.54 Å². The van der Waals surface area contributed by atoms with Crippen LogP contribution in [0, 0.1) is 23.5 Å². The molecule has 0 amide bonds. The van der Waals surface area contributed by atoms with Crippen LogP contribution in [0.2, 0.25) is 0 Å². The maximum absolute atomic E-state index is 13.4. The Morgan fingerprint density at radius 1 is 1.12 bits per heavy atom. The van der Waals surface area contributed by atoms with Gasteiger partial charge in [0.05, 0.1) is 6.61 Å². The Labute approximate surface area is 95.7 Å². The number of halogens is 4. The van der Waals surface area contributed by atoms with E-state index in [4.69, 9.17) is 5.11 Å². The molecule has 0 aliphatic heterocycles. The molecular formula is C10H12F4N2O. The quantitative estimate of drug-likeness (QED) is 0.656. The molecular weight excluding hydrogens is 240 g/mol. The molecule has 0 saturated heterocycles. The van der Waals surface area contributed by atoms with Gasteiger partial charge in [-0.15, -0.1) is 0 Å². The summed E-state index contributed by atoms with van der Waals surface area (Å²) in [5.41, 5.74) is -0.848. The predicted molar refractivity (Wildman–Crippen MR) is 53.6 cm³/mol. The fourth-order valence-corrected chi connectivity index (χ4v) is 1.46. The molecule has 0 aliphatic rings. The van der Waals surface area contributed by atoms with Crippen molar-refractivity contribution in [2.24, 2.45) is 0 Å². The van der Waals surface area contributed by atoms with Gasteiger partial charge in [-0.05, 0) is 13.8 Å². The van der Waals surface area contributed by atoms with E-state index in [1.807, 2.05) is 0 Å². The number of aromatic nitrogens is 1. The van der Waals surface area contributed by atoms with Crippen LogP contribution in [0.5, 0.6) is 0 Å². The molecule has 1 N–H and O–H groups in total. The average Bonchev–Trinajstić information content (AvgIpc) is 2.25. The number of hydrogen-bond donors (Lipinski definition) is 1. The van der Waals surface area contributed by atoms with Crippen molar-refractivity contribution in [1.29, 1.82) is 0 Å². The Bertz CT molecular complexity index is 386. The second-order valence-corrected chi connectivity index (χ2v) is 3.68. The standard InChI is InChI=1S/C10H12F4N2O/c1-5(2)16(3-4-17)8-6(11)9(13)15-10(14)7(8)12/h5,17H,3-4H2,1-2H3. The topological polar surface area (TPSA) is 36.4 Å². The van der Waals surface area contributed by atoms with Crippen molar-refractivity contribution in [3.8, 4) is 0 Å². The van der Waals surface area contributed by atoms with Crippen LogP contribution in [0.3, 0.4) is 0 Å². The number of anilines is 1. The highest BCUT2D eigenvalue weighted by Crippen LogP contribution is 2.27. The van der Waals surface area contributed by atoms with Crippen molar-refractivity contribution in [3.05, 3.63) is 23.5 Å². The molecule has 0 radical (unpaired) electrons. The Morgan fingerprint density at radius 3 is 1.94 bits per heavy atom. The fourth-order valence-electron chi connectivity index (χ4n) is 1.46. The zero-order valence-electron chi connectivity index (χ0n) is 9.35.